The molecule has 0 spiro atoms. The summed E-state index contributed by atoms with van der Waals surface area (Å²) >= 11 is 0. The van der Waals surface area contributed by atoms with Crippen molar-refractivity contribution in [3.8, 4) is 0 Å². The van der Waals surface area contributed by atoms with E-state index in [-0.39, 0.29) is 6.10 Å². The highest BCUT2D eigenvalue weighted by Crippen LogP contribution is 2.34. The summed E-state index contributed by atoms with van der Waals surface area (Å²) in [5.74, 6) is -1.39. The summed E-state index contributed by atoms with van der Waals surface area (Å²) in [5.41, 5.74) is 0. The SMILES string of the molecule is C=C[C@H]1OC(C)(C)O[C@H]1[C@H](O)[C@H]1COC(C)(C)O1. The first kappa shape index (κ1) is 14.0. The molecule has 4 atom stereocenters. The lowest BCUT2D eigenvalue weighted by molar-refractivity contribution is -0.178. The third-order valence-electron chi connectivity index (χ3n) is 3.14. The Morgan fingerprint density at radius 2 is 1.83 bits per heavy atom. The van der Waals surface area contributed by atoms with E-state index in [0.717, 1.165) is 0 Å². The molecule has 2 aliphatic heterocycles. The summed E-state index contributed by atoms with van der Waals surface area (Å²) in [6.07, 6.45) is -0.410. The summed E-state index contributed by atoms with van der Waals surface area (Å²) in [7, 11) is 0. The van der Waals surface area contributed by atoms with E-state index < -0.39 is 29.9 Å². The number of hydrogen-bond acceptors (Lipinski definition) is 5. The molecule has 0 aromatic carbocycles. The molecule has 0 aliphatic carbocycles. The van der Waals surface area contributed by atoms with Crippen LogP contribution in [0.3, 0.4) is 0 Å². The Bertz CT molecular complexity index is 325. The highest BCUT2D eigenvalue weighted by molar-refractivity contribution is 4.99. The van der Waals surface area contributed by atoms with Gasteiger partial charge in [-0.2, -0.15) is 0 Å². The van der Waals surface area contributed by atoms with E-state index in [9.17, 15) is 5.11 Å². The van der Waals surface area contributed by atoms with Gasteiger partial charge >= 0.3 is 0 Å². The van der Waals surface area contributed by atoms with Gasteiger partial charge in [-0.25, -0.2) is 0 Å². The van der Waals surface area contributed by atoms with E-state index >= 15 is 0 Å². The predicted molar refractivity (Wildman–Crippen MR) is 64.9 cm³/mol. The number of rotatable bonds is 3. The van der Waals surface area contributed by atoms with Crippen LogP contribution in [0.25, 0.3) is 0 Å². The summed E-state index contributed by atoms with van der Waals surface area (Å²) < 4.78 is 22.5. The molecule has 18 heavy (non-hydrogen) atoms. The van der Waals surface area contributed by atoms with Gasteiger partial charge in [-0.3, -0.25) is 0 Å². The van der Waals surface area contributed by atoms with E-state index in [1.54, 1.807) is 6.08 Å². The molecule has 0 aromatic heterocycles. The maximum absolute atomic E-state index is 10.4. The summed E-state index contributed by atoms with van der Waals surface area (Å²) in [4.78, 5) is 0. The Balaban J connectivity index is 2.05. The van der Waals surface area contributed by atoms with Crippen molar-refractivity contribution in [2.45, 2.75) is 63.7 Å². The Morgan fingerprint density at radius 1 is 1.17 bits per heavy atom. The Labute approximate surface area is 108 Å². The van der Waals surface area contributed by atoms with E-state index in [4.69, 9.17) is 18.9 Å². The topological polar surface area (TPSA) is 57.2 Å². The molecule has 0 aromatic rings. The molecule has 0 unspecified atom stereocenters. The van der Waals surface area contributed by atoms with Gasteiger partial charge in [0.1, 0.15) is 24.4 Å². The minimum absolute atomic E-state index is 0.345. The minimum atomic E-state index is -0.809. The molecule has 0 radical (unpaired) electrons. The van der Waals surface area contributed by atoms with Gasteiger partial charge in [0.25, 0.3) is 0 Å². The first-order chi connectivity index (χ1) is 8.24. The molecule has 2 fully saturated rings. The molecule has 1 N–H and O–H groups in total. The average molecular weight is 258 g/mol. The quantitative estimate of drug-likeness (QED) is 0.771. The van der Waals surface area contributed by atoms with Gasteiger partial charge in [-0.05, 0) is 27.7 Å². The van der Waals surface area contributed by atoms with Crippen LogP contribution in [0.15, 0.2) is 12.7 Å². The van der Waals surface area contributed by atoms with Crippen LogP contribution in [0.1, 0.15) is 27.7 Å². The molecule has 0 bridgehead atoms. The second-order valence-electron chi connectivity index (χ2n) is 5.66. The van der Waals surface area contributed by atoms with Gasteiger partial charge in [-0.1, -0.05) is 6.08 Å². The fourth-order valence-corrected chi connectivity index (χ4v) is 2.36. The largest absolute Gasteiger partial charge is 0.387 e. The van der Waals surface area contributed by atoms with Crippen molar-refractivity contribution >= 4 is 0 Å². The molecule has 2 saturated heterocycles. The summed E-state index contributed by atoms with van der Waals surface area (Å²) in [6.45, 7) is 11.3. The molecule has 5 heteroatoms. The van der Waals surface area contributed by atoms with Crippen LogP contribution in [0.2, 0.25) is 0 Å². The number of aliphatic hydroxyl groups is 1. The van der Waals surface area contributed by atoms with Gasteiger partial charge in [-0.15, -0.1) is 6.58 Å². The van der Waals surface area contributed by atoms with Crippen molar-refractivity contribution in [2.75, 3.05) is 6.61 Å². The van der Waals surface area contributed by atoms with E-state index in [1.807, 2.05) is 27.7 Å². The standard InChI is InChI=1S/C13H22O5/c1-6-8-11(18-13(4,5)16-8)10(14)9-7-15-12(2,3)17-9/h6,8-11,14H,1,7H2,2-5H3/t8-,9-,10-,11-/m1/s1. The number of ether oxygens (including phenoxy) is 4. The predicted octanol–water partition coefficient (Wildman–Crippen LogP) is 1.20. The Kier molecular flexibility index (Phi) is 3.55. The van der Waals surface area contributed by atoms with Crippen LogP contribution in [0.4, 0.5) is 0 Å². The van der Waals surface area contributed by atoms with Crippen molar-refractivity contribution < 1.29 is 24.1 Å². The van der Waals surface area contributed by atoms with Crippen molar-refractivity contribution in [2.24, 2.45) is 0 Å². The smallest absolute Gasteiger partial charge is 0.164 e. The first-order valence-corrected chi connectivity index (χ1v) is 6.22. The van der Waals surface area contributed by atoms with E-state index in [2.05, 4.69) is 6.58 Å². The van der Waals surface area contributed by atoms with E-state index in [1.165, 1.54) is 0 Å². The van der Waals surface area contributed by atoms with E-state index in [0.29, 0.717) is 6.61 Å². The fourth-order valence-electron chi connectivity index (χ4n) is 2.36. The van der Waals surface area contributed by atoms with Crippen LogP contribution < -0.4 is 0 Å². The van der Waals surface area contributed by atoms with Gasteiger partial charge in [0.05, 0.1) is 6.61 Å². The monoisotopic (exact) mass is 258 g/mol. The van der Waals surface area contributed by atoms with Crippen molar-refractivity contribution in [3.63, 3.8) is 0 Å². The van der Waals surface area contributed by atoms with Crippen LogP contribution in [0, 0.1) is 0 Å². The van der Waals surface area contributed by atoms with Crippen molar-refractivity contribution in [3.05, 3.63) is 12.7 Å². The first-order valence-electron chi connectivity index (χ1n) is 6.22. The second-order valence-corrected chi connectivity index (χ2v) is 5.66. The maximum Gasteiger partial charge on any atom is 0.164 e. The molecular weight excluding hydrogens is 236 g/mol. The number of hydrogen-bond donors (Lipinski definition) is 1. The van der Waals surface area contributed by atoms with Crippen molar-refractivity contribution in [1.29, 1.82) is 0 Å². The van der Waals surface area contributed by atoms with Crippen LogP contribution in [-0.2, 0) is 18.9 Å². The van der Waals surface area contributed by atoms with Gasteiger partial charge in [0, 0.05) is 0 Å². The highest BCUT2D eigenvalue weighted by atomic mass is 16.8. The molecule has 104 valence electrons. The highest BCUT2D eigenvalue weighted by Gasteiger charge is 2.48. The zero-order valence-electron chi connectivity index (χ0n) is 11.4. The molecule has 0 amide bonds. The van der Waals surface area contributed by atoms with Gasteiger partial charge in [0.15, 0.2) is 11.6 Å². The average Bonchev–Trinajstić information content (AvgIpc) is 2.77. The molecule has 2 aliphatic rings. The molecule has 2 heterocycles. The van der Waals surface area contributed by atoms with Gasteiger partial charge in [0.2, 0.25) is 0 Å². The van der Waals surface area contributed by atoms with Gasteiger partial charge < -0.3 is 24.1 Å². The lowest BCUT2D eigenvalue weighted by Crippen LogP contribution is -2.44. The maximum atomic E-state index is 10.4. The van der Waals surface area contributed by atoms with Crippen LogP contribution in [0.5, 0.6) is 0 Å². The minimum Gasteiger partial charge on any atom is -0.387 e. The molecule has 5 nitrogen and oxygen atoms in total. The lowest BCUT2D eigenvalue weighted by atomic mass is 10.0. The van der Waals surface area contributed by atoms with Crippen molar-refractivity contribution in [1.82, 2.24) is 0 Å². The second kappa shape index (κ2) is 4.58. The molecule has 2 rings (SSSR count). The number of aliphatic hydroxyl groups excluding tert-OH is 1. The molecule has 0 saturated carbocycles. The zero-order valence-corrected chi connectivity index (χ0v) is 11.4. The summed E-state index contributed by atoms with van der Waals surface area (Å²) in [5, 5.41) is 10.4. The third-order valence-corrected chi connectivity index (χ3v) is 3.14. The van der Waals surface area contributed by atoms with Crippen LogP contribution in [-0.4, -0.2) is 47.7 Å². The third kappa shape index (κ3) is 2.75. The fraction of sp³-hybridized carbons (Fsp3) is 0.846. The van der Waals surface area contributed by atoms with Crippen LogP contribution >= 0.6 is 0 Å². The Morgan fingerprint density at radius 3 is 2.33 bits per heavy atom. The lowest BCUT2D eigenvalue weighted by Gasteiger charge is -2.26. The zero-order chi connectivity index (χ0) is 13.6. The normalized spacial score (nSPS) is 39.7. The Hall–Kier alpha value is -0.460. The molecular formula is C13H22O5. The summed E-state index contributed by atoms with van der Waals surface area (Å²) in [6, 6.07) is 0.